The molecule has 34 heavy (non-hydrogen) atoms. The lowest BCUT2D eigenvalue weighted by atomic mass is 9.98. The molecule has 0 unspecified atom stereocenters. The monoisotopic (exact) mass is 526 g/mol. The molecule has 0 fully saturated rings. The third-order valence-corrected chi connectivity index (χ3v) is 7.17. The third kappa shape index (κ3) is 3.67. The van der Waals surface area contributed by atoms with Crippen LogP contribution in [-0.4, -0.2) is 19.2 Å². The molecule has 0 saturated carbocycles. The van der Waals surface area contributed by atoms with Crippen molar-refractivity contribution >= 4 is 44.5 Å². The number of rotatable bonds is 4. The number of aromatic nitrogens is 3. The topological polar surface area (TPSA) is 34.3 Å². The van der Waals surface area contributed by atoms with E-state index in [-0.39, 0.29) is 0 Å². The van der Waals surface area contributed by atoms with E-state index < -0.39 is 0 Å². The molecule has 5 aromatic rings. The van der Waals surface area contributed by atoms with E-state index in [1.807, 2.05) is 36.4 Å². The van der Waals surface area contributed by atoms with Gasteiger partial charge in [0.05, 0.1) is 0 Å². The van der Waals surface area contributed by atoms with Crippen molar-refractivity contribution in [2.24, 2.45) is 0 Å². The first-order chi connectivity index (χ1) is 16.7. The second-order valence-electron chi connectivity index (χ2n) is 8.57. The van der Waals surface area contributed by atoms with E-state index in [2.05, 4.69) is 78.9 Å². The number of hydrogen-bond acceptors (Lipinski definition) is 2. The number of aryl methyl sites for hydroxylation is 2. The van der Waals surface area contributed by atoms with Gasteiger partial charge >= 0.3 is 0 Å². The molecular formula is C28H23BrN4S. The Balaban J connectivity index is 1.63. The lowest BCUT2D eigenvalue weighted by Gasteiger charge is -2.11. The van der Waals surface area contributed by atoms with Crippen LogP contribution in [0.2, 0.25) is 0 Å². The van der Waals surface area contributed by atoms with Crippen molar-refractivity contribution in [3.63, 3.8) is 0 Å². The van der Waals surface area contributed by atoms with Crippen LogP contribution in [0.5, 0.6) is 0 Å². The van der Waals surface area contributed by atoms with Crippen LogP contribution >= 0.6 is 28.1 Å². The van der Waals surface area contributed by atoms with Crippen molar-refractivity contribution in [2.45, 2.75) is 25.8 Å². The van der Waals surface area contributed by atoms with Crippen LogP contribution in [0.1, 0.15) is 24.1 Å². The normalized spacial score (nSPS) is 13.1. The second kappa shape index (κ2) is 8.85. The van der Waals surface area contributed by atoms with Gasteiger partial charge in [0, 0.05) is 33.4 Å². The molecule has 1 aliphatic heterocycles. The Morgan fingerprint density at radius 1 is 0.882 bits per heavy atom. The molecule has 0 saturated heterocycles. The summed E-state index contributed by atoms with van der Waals surface area (Å²) in [6, 6.07) is 29.1. The first-order valence-electron chi connectivity index (χ1n) is 11.5. The van der Waals surface area contributed by atoms with E-state index in [4.69, 9.17) is 17.3 Å². The minimum Gasteiger partial charge on any atom is -0.345 e. The summed E-state index contributed by atoms with van der Waals surface area (Å²) in [7, 11) is 0. The number of hydrogen-bond donors (Lipinski definition) is 1. The molecule has 0 aliphatic carbocycles. The van der Waals surface area contributed by atoms with Crippen molar-refractivity contribution in [2.75, 3.05) is 5.32 Å². The molecule has 0 amide bonds. The minimum atomic E-state index is 0.678. The largest absolute Gasteiger partial charge is 0.345 e. The molecule has 4 nitrogen and oxygen atoms in total. The molecule has 1 N–H and O–H groups in total. The predicted octanol–water partition coefficient (Wildman–Crippen LogP) is 7.36. The van der Waals surface area contributed by atoms with E-state index in [9.17, 15) is 0 Å². The van der Waals surface area contributed by atoms with Crippen molar-refractivity contribution < 1.29 is 0 Å². The van der Waals surface area contributed by atoms with E-state index in [1.165, 1.54) is 16.7 Å². The SMILES string of the molecule is S=C(Nc1ccccc1)c1c(-c2ccccc2)c2c3n(c(-c4cccc(Br)c4)nn13)CCCC2. The zero-order chi connectivity index (χ0) is 23.1. The minimum absolute atomic E-state index is 0.678. The number of thiocarbonyl (C=S) groups is 1. The van der Waals surface area contributed by atoms with Crippen molar-refractivity contribution in [1.29, 1.82) is 0 Å². The fraction of sp³-hybridized carbons (Fsp3) is 0.143. The van der Waals surface area contributed by atoms with Crippen molar-refractivity contribution in [3.05, 3.63) is 101 Å². The third-order valence-electron chi connectivity index (χ3n) is 6.38. The Hall–Kier alpha value is -3.22. The molecule has 2 aromatic heterocycles. The van der Waals surface area contributed by atoms with Crippen LogP contribution in [0.4, 0.5) is 5.69 Å². The molecule has 0 radical (unpaired) electrons. The summed E-state index contributed by atoms with van der Waals surface area (Å²) in [5.74, 6) is 0.975. The maximum absolute atomic E-state index is 6.03. The van der Waals surface area contributed by atoms with Crippen molar-refractivity contribution in [3.8, 4) is 22.5 Å². The molecule has 0 bridgehead atoms. The Morgan fingerprint density at radius 3 is 2.38 bits per heavy atom. The van der Waals surface area contributed by atoms with Crippen LogP contribution < -0.4 is 5.32 Å². The Labute approximate surface area is 212 Å². The number of para-hydroxylation sites is 1. The lowest BCUT2D eigenvalue weighted by Crippen LogP contribution is -2.14. The highest BCUT2D eigenvalue weighted by Crippen LogP contribution is 2.38. The van der Waals surface area contributed by atoms with Crippen LogP contribution in [0.15, 0.2) is 89.4 Å². The highest BCUT2D eigenvalue weighted by atomic mass is 79.9. The van der Waals surface area contributed by atoms with Crippen LogP contribution in [0.25, 0.3) is 28.2 Å². The molecule has 3 aromatic carbocycles. The van der Waals surface area contributed by atoms with Crippen molar-refractivity contribution in [1.82, 2.24) is 14.2 Å². The summed E-state index contributed by atoms with van der Waals surface area (Å²) in [4.78, 5) is 0.678. The lowest BCUT2D eigenvalue weighted by molar-refractivity contribution is 0.645. The summed E-state index contributed by atoms with van der Waals surface area (Å²) < 4.78 is 5.51. The van der Waals surface area contributed by atoms with E-state index in [0.29, 0.717) is 4.99 Å². The van der Waals surface area contributed by atoms with Gasteiger partial charge in [0.2, 0.25) is 0 Å². The van der Waals surface area contributed by atoms with Gasteiger partial charge in [0.15, 0.2) is 5.82 Å². The quantitative estimate of drug-likeness (QED) is 0.248. The summed E-state index contributed by atoms with van der Waals surface area (Å²) in [6.07, 6.45) is 3.26. The average molecular weight is 527 g/mol. The van der Waals surface area contributed by atoms with Crippen LogP contribution in [0, 0.1) is 0 Å². The highest BCUT2D eigenvalue weighted by molar-refractivity contribution is 9.10. The molecule has 6 heteroatoms. The molecule has 168 valence electrons. The predicted molar refractivity (Wildman–Crippen MR) is 146 cm³/mol. The van der Waals surface area contributed by atoms with Gasteiger partial charge in [-0.1, -0.05) is 88.8 Å². The zero-order valence-corrected chi connectivity index (χ0v) is 20.9. The summed E-state index contributed by atoms with van der Waals surface area (Å²) in [5, 5.41) is 8.64. The fourth-order valence-corrected chi connectivity index (χ4v) is 5.62. The number of halogens is 1. The smallest absolute Gasteiger partial charge is 0.162 e. The Bertz CT molecular complexity index is 1500. The molecular weight excluding hydrogens is 504 g/mol. The van der Waals surface area contributed by atoms with Gasteiger partial charge in [-0.2, -0.15) is 0 Å². The van der Waals surface area contributed by atoms with Gasteiger partial charge in [-0.3, -0.25) is 0 Å². The van der Waals surface area contributed by atoms with Gasteiger partial charge in [-0.05, 0) is 49.1 Å². The second-order valence-corrected chi connectivity index (χ2v) is 9.89. The van der Waals surface area contributed by atoms with Gasteiger partial charge in [-0.25, -0.2) is 4.52 Å². The molecule has 0 spiro atoms. The standard InChI is InChI=1S/C28H23BrN4S/c29-21-13-9-12-20(18-21)26-31-33-25(27(34)30-22-14-5-2-6-15-22)24(19-10-3-1-4-11-19)23-16-7-8-17-32(26)28(23)33/h1-6,9-15,18H,7-8,16-17H2,(H,30,34). The Kier molecular flexibility index (Phi) is 5.55. The number of benzene rings is 3. The average Bonchev–Trinajstić information content (AvgIpc) is 3.28. The number of nitrogens with zero attached hydrogens (tertiary/aromatic N) is 3. The van der Waals surface area contributed by atoms with Crippen LogP contribution in [-0.2, 0) is 13.0 Å². The number of nitrogens with one attached hydrogen (secondary N) is 1. The summed E-state index contributed by atoms with van der Waals surface area (Å²) in [5.41, 5.74) is 7.86. The molecule has 3 heterocycles. The van der Waals surface area contributed by atoms with Crippen LogP contribution in [0.3, 0.4) is 0 Å². The molecule has 6 rings (SSSR count). The molecule has 0 atom stereocenters. The molecule has 1 aliphatic rings. The summed E-state index contributed by atoms with van der Waals surface area (Å²) in [6.45, 7) is 0.939. The van der Waals surface area contributed by atoms with Gasteiger partial charge in [0.25, 0.3) is 0 Å². The fourth-order valence-electron chi connectivity index (χ4n) is 4.92. The summed E-state index contributed by atoms with van der Waals surface area (Å²) >= 11 is 9.66. The highest BCUT2D eigenvalue weighted by Gasteiger charge is 2.29. The first kappa shape index (κ1) is 21.3. The van der Waals surface area contributed by atoms with Gasteiger partial charge < -0.3 is 9.88 Å². The number of anilines is 1. The van der Waals surface area contributed by atoms with E-state index >= 15 is 0 Å². The van der Waals surface area contributed by atoms with Gasteiger partial charge in [-0.15, -0.1) is 5.10 Å². The zero-order valence-electron chi connectivity index (χ0n) is 18.5. The van der Waals surface area contributed by atoms with E-state index in [1.54, 1.807) is 0 Å². The maximum Gasteiger partial charge on any atom is 0.162 e. The van der Waals surface area contributed by atoms with Gasteiger partial charge in [0.1, 0.15) is 16.3 Å². The maximum atomic E-state index is 6.03. The van der Waals surface area contributed by atoms with E-state index in [0.717, 1.165) is 58.7 Å². The Morgan fingerprint density at radius 2 is 1.62 bits per heavy atom. The first-order valence-corrected chi connectivity index (χ1v) is 12.7.